The topological polar surface area (TPSA) is 77.6 Å². The van der Waals surface area contributed by atoms with Crippen LogP contribution in [0.15, 0.2) is 27.3 Å². The SMILES string of the molecule is CC(=O)O/N=C(\C)c1csc(-c2ccno2)n1. The van der Waals surface area contributed by atoms with Crippen molar-refractivity contribution in [1.82, 2.24) is 10.1 Å². The average molecular weight is 251 g/mol. The Bertz CT molecular complexity index is 545. The van der Waals surface area contributed by atoms with Crippen molar-refractivity contribution < 1.29 is 14.2 Å². The van der Waals surface area contributed by atoms with Crippen LogP contribution in [0.25, 0.3) is 10.8 Å². The van der Waals surface area contributed by atoms with Crippen LogP contribution in [0.3, 0.4) is 0 Å². The molecule has 0 aromatic carbocycles. The molecule has 17 heavy (non-hydrogen) atoms. The van der Waals surface area contributed by atoms with Crippen LogP contribution in [0.5, 0.6) is 0 Å². The second-order valence-electron chi connectivity index (χ2n) is 3.17. The summed E-state index contributed by atoms with van der Waals surface area (Å²) >= 11 is 1.40. The van der Waals surface area contributed by atoms with Crippen molar-refractivity contribution in [3.05, 3.63) is 23.3 Å². The van der Waals surface area contributed by atoms with Gasteiger partial charge in [-0.3, -0.25) is 0 Å². The van der Waals surface area contributed by atoms with Gasteiger partial charge in [0.15, 0.2) is 10.8 Å². The van der Waals surface area contributed by atoms with Gasteiger partial charge in [0.1, 0.15) is 5.71 Å². The molecule has 2 aromatic rings. The van der Waals surface area contributed by atoms with Crippen molar-refractivity contribution in [2.75, 3.05) is 0 Å². The Hall–Kier alpha value is -2.02. The Morgan fingerprint density at radius 2 is 2.35 bits per heavy atom. The van der Waals surface area contributed by atoms with Crippen molar-refractivity contribution in [2.45, 2.75) is 13.8 Å². The molecule has 0 aliphatic heterocycles. The molecule has 2 heterocycles. The lowest BCUT2D eigenvalue weighted by Gasteiger charge is -1.93. The number of hydrogen-bond acceptors (Lipinski definition) is 7. The molecule has 88 valence electrons. The zero-order valence-electron chi connectivity index (χ0n) is 9.21. The quantitative estimate of drug-likeness (QED) is 0.474. The fourth-order valence-corrected chi connectivity index (χ4v) is 1.88. The summed E-state index contributed by atoms with van der Waals surface area (Å²) in [6.07, 6.45) is 1.55. The largest absolute Gasteiger partial charge is 0.354 e. The van der Waals surface area contributed by atoms with Crippen LogP contribution < -0.4 is 0 Å². The maximum atomic E-state index is 10.6. The highest BCUT2D eigenvalue weighted by atomic mass is 32.1. The van der Waals surface area contributed by atoms with Crippen molar-refractivity contribution >= 4 is 23.0 Å². The fourth-order valence-electron chi connectivity index (χ4n) is 1.06. The van der Waals surface area contributed by atoms with Crippen molar-refractivity contribution in [3.8, 4) is 10.8 Å². The lowest BCUT2D eigenvalue weighted by molar-refractivity contribution is -0.140. The maximum Gasteiger partial charge on any atom is 0.331 e. The van der Waals surface area contributed by atoms with E-state index in [0.29, 0.717) is 22.2 Å². The van der Waals surface area contributed by atoms with E-state index in [1.807, 2.05) is 0 Å². The molecule has 0 fully saturated rings. The molecule has 0 radical (unpaired) electrons. The molecule has 2 rings (SSSR count). The van der Waals surface area contributed by atoms with Crippen LogP contribution in [0.4, 0.5) is 0 Å². The molecule has 0 bridgehead atoms. The van der Waals surface area contributed by atoms with Gasteiger partial charge in [0.25, 0.3) is 0 Å². The molecule has 0 saturated heterocycles. The van der Waals surface area contributed by atoms with Crippen molar-refractivity contribution in [3.63, 3.8) is 0 Å². The van der Waals surface area contributed by atoms with E-state index in [0.717, 1.165) is 0 Å². The Morgan fingerprint density at radius 1 is 1.53 bits per heavy atom. The summed E-state index contributed by atoms with van der Waals surface area (Å²) < 4.78 is 4.98. The van der Waals surface area contributed by atoms with Gasteiger partial charge in [-0.05, 0) is 6.92 Å². The minimum Gasteiger partial charge on any atom is -0.354 e. The molecule has 0 aliphatic carbocycles. The molecule has 0 N–H and O–H groups in total. The number of hydrogen-bond donors (Lipinski definition) is 0. The van der Waals surface area contributed by atoms with E-state index in [2.05, 4.69) is 20.1 Å². The van der Waals surface area contributed by atoms with Crippen molar-refractivity contribution in [2.24, 2.45) is 5.16 Å². The van der Waals surface area contributed by atoms with Crippen LogP contribution in [-0.2, 0) is 9.63 Å². The Kier molecular flexibility index (Phi) is 3.29. The summed E-state index contributed by atoms with van der Waals surface area (Å²) in [6, 6.07) is 1.72. The smallest absolute Gasteiger partial charge is 0.331 e. The molecule has 6 nitrogen and oxygen atoms in total. The first-order valence-corrected chi connectivity index (χ1v) is 5.64. The first-order chi connectivity index (χ1) is 8.16. The number of aromatic nitrogens is 2. The van der Waals surface area contributed by atoms with Gasteiger partial charge < -0.3 is 9.36 Å². The molecule has 7 heteroatoms. The number of thiazole rings is 1. The Labute approximate surface area is 101 Å². The third-order valence-corrected chi connectivity index (χ3v) is 2.69. The van der Waals surface area contributed by atoms with Gasteiger partial charge >= 0.3 is 5.97 Å². The summed E-state index contributed by atoms with van der Waals surface area (Å²) in [5.74, 6) is 0.136. The minimum atomic E-state index is -0.463. The predicted octanol–water partition coefficient (Wildman–Crippen LogP) is 2.09. The van der Waals surface area contributed by atoms with Crippen LogP contribution in [-0.4, -0.2) is 21.8 Å². The van der Waals surface area contributed by atoms with Crippen LogP contribution in [0.1, 0.15) is 19.5 Å². The lowest BCUT2D eigenvalue weighted by Crippen LogP contribution is -1.99. The van der Waals surface area contributed by atoms with Gasteiger partial charge in [0.2, 0.25) is 0 Å². The molecule has 0 amide bonds. The van der Waals surface area contributed by atoms with Gasteiger partial charge in [0, 0.05) is 18.4 Å². The first kappa shape index (κ1) is 11.5. The van der Waals surface area contributed by atoms with Gasteiger partial charge in [0.05, 0.1) is 11.9 Å². The number of rotatable bonds is 3. The minimum absolute atomic E-state index is 0.463. The Balaban J connectivity index is 2.18. The number of nitrogens with zero attached hydrogens (tertiary/aromatic N) is 3. The monoisotopic (exact) mass is 251 g/mol. The highest BCUT2D eigenvalue weighted by molar-refractivity contribution is 7.13. The van der Waals surface area contributed by atoms with Crippen LogP contribution in [0, 0.1) is 0 Å². The second kappa shape index (κ2) is 4.88. The number of oxime groups is 1. The Morgan fingerprint density at radius 3 is 3.00 bits per heavy atom. The third-order valence-electron chi connectivity index (χ3n) is 1.83. The fraction of sp³-hybridized carbons (Fsp3) is 0.200. The average Bonchev–Trinajstić information content (AvgIpc) is 2.94. The van der Waals surface area contributed by atoms with Crippen LogP contribution in [0.2, 0.25) is 0 Å². The lowest BCUT2D eigenvalue weighted by atomic mass is 10.3. The highest BCUT2D eigenvalue weighted by Gasteiger charge is 2.10. The van der Waals surface area contributed by atoms with Crippen molar-refractivity contribution in [1.29, 1.82) is 0 Å². The molecular formula is C10H9N3O3S. The first-order valence-electron chi connectivity index (χ1n) is 4.76. The van der Waals surface area contributed by atoms with E-state index < -0.39 is 5.97 Å². The van der Waals surface area contributed by atoms with E-state index in [9.17, 15) is 4.79 Å². The number of carbonyl (C=O) groups is 1. The standard InChI is InChI=1S/C10H9N3O3S/c1-6(13-15-7(2)14)8-5-17-10(12-8)9-3-4-11-16-9/h3-5H,1-2H3/b13-6+. The van der Waals surface area contributed by atoms with E-state index >= 15 is 0 Å². The van der Waals surface area contributed by atoms with Crippen LogP contribution >= 0.6 is 11.3 Å². The normalized spacial score (nSPS) is 11.5. The molecule has 2 aromatic heterocycles. The second-order valence-corrected chi connectivity index (χ2v) is 4.03. The summed E-state index contributed by atoms with van der Waals surface area (Å²) in [6.45, 7) is 3.00. The zero-order valence-corrected chi connectivity index (χ0v) is 10.0. The van der Waals surface area contributed by atoms with E-state index in [-0.39, 0.29) is 0 Å². The highest BCUT2D eigenvalue weighted by Crippen LogP contribution is 2.23. The molecule has 0 spiro atoms. The maximum absolute atomic E-state index is 10.6. The predicted molar refractivity (Wildman–Crippen MR) is 61.6 cm³/mol. The van der Waals surface area contributed by atoms with Gasteiger partial charge in [-0.1, -0.05) is 10.3 Å². The molecule has 0 saturated carbocycles. The summed E-state index contributed by atoms with van der Waals surface area (Å²) in [5, 5.41) is 9.77. The zero-order chi connectivity index (χ0) is 12.3. The van der Waals surface area contributed by atoms with E-state index in [1.54, 1.807) is 24.6 Å². The van der Waals surface area contributed by atoms with Gasteiger partial charge in [-0.2, -0.15) is 0 Å². The summed E-state index contributed by atoms with van der Waals surface area (Å²) in [5.41, 5.74) is 1.17. The van der Waals surface area contributed by atoms with E-state index in [4.69, 9.17) is 4.52 Å². The third kappa shape index (κ3) is 2.76. The molecular weight excluding hydrogens is 242 g/mol. The summed E-state index contributed by atoms with van der Waals surface area (Å²) in [7, 11) is 0. The molecule has 0 atom stereocenters. The molecule has 0 unspecified atom stereocenters. The van der Waals surface area contributed by atoms with Gasteiger partial charge in [-0.15, -0.1) is 11.3 Å². The molecule has 0 aliphatic rings. The number of carbonyl (C=O) groups excluding carboxylic acids is 1. The summed E-state index contributed by atoms with van der Waals surface area (Å²) in [4.78, 5) is 19.4. The van der Waals surface area contributed by atoms with Gasteiger partial charge in [-0.25, -0.2) is 9.78 Å². The van der Waals surface area contributed by atoms with E-state index in [1.165, 1.54) is 18.3 Å².